The Balaban J connectivity index is 2.38. The molecule has 0 saturated heterocycles. The average Bonchev–Trinajstić information content (AvgIpc) is 2.68. The number of pyridine rings is 1. The first-order chi connectivity index (χ1) is 7.25. The molecular formula is C10H5Cl2NO2. The first kappa shape index (κ1) is 9.07. The molecule has 2 aromatic rings. The average molecular weight is 242 g/mol. The molecule has 3 nitrogen and oxygen atoms in total. The van der Waals surface area contributed by atoms with Gasteiger partial charge in [-0.3, -0.25) is 4.98 Å². The van der Waals surface area contributed by atoms with Crippen LogP contribution in [0.15, 0.2) is 18.3 Å². The molecule has 0 spiro atoms. The lowest BCUT2D eigenvalue weighted by Crippen LogP contribution is -1.92. The maximum Gasteiger partial charge on any atom is 0.231 e. The van der Waals surface area contributed by atoms with Gasteiger partial charge >= 0.3 is 0 Å². The second-order valence-corrected chi connectivity index (χ2v) is 3.93. The van der Waals surface area contributed by atoms with Crippen LogP contribution in [0.1, 0.15) is 0 Å². The summed E-state index contributed by atoms with van der Waals surface area (Å²) in [6, 6.07) is 3.58. The van der Waals surface area contributed by atoms with Gasteiger partial charge in [0.05, 0.1) is 15.6 Å². The van der Waals surface area contributed by atoms with Crippen molar-refractivity contribution in [3.05, 3.63) is 28.4 Å². The number of fused-ring (bicyclic) bond motifs is 2. The van der Waals surface area contributed by atoms with Gasteiger partial charge in [0.15, 0.2) is 11.5 Å². The van der Waals surface area contributed by atoms with E-state index in [0.717, 1.165) is 10.9 Å². The van der Waals surface area contributed by atoms with E-state index in [4.69, 9.17) is 32.7 Å². The zero-order chi connectivity index (χ0) is 10.4. The van der Waals surface area contributed by atoms with E-state index in [1.54, 1.807) is 12.1 Å². The molecule has 1 aromatic heterocycles. The molecule has 0 unspecified atom stereocenters. The summed E-state index contributed by atoms with van der Waals surface area (Å²) in [6.07, 6.45) is 1.52. The summed E-state index contributed by atoms with van der Waals surface area (Å²) in [5.74, 6) is 1.36. The second-order valence-electron chi connectivity index (χ2n) is 3.14. The summed E-state index contributed by atoms with van der Waals surface area (Å²) >= 11 is 11.9. The second kappa shape index (κ2) is 3.15. The molecule has 0 N–H and O–H groups in total. The van der Waals surface area contributed by atoms with Gasteiger partial charge in [0.1, 0.15) is 0 Å². The zero-order valence-corrected chi connectivity index (χ0v) is 8.97. The predicted molar refractivity (Wildman–Crippen MR) is 57.9 cm³/mol. The first-order valence-electron chi connectivity index (χ1n) is 4.29. The van der Waals surface area contributed by atoms with Crippen molar-refractivity contribution in [2.45, 2.75) is 0 Å². The van der Waals surface area contributed by atoms with Gasteiger partial charge < -0.3 is 9.47 Å². The molecule has 0 atom stereocenters. The minimum Gasteiger partial charge on any atom is -0.454 e. The molecule has 0 aliphatic carbocycles. The van der Waals surface area contributed by atoms with Crippen LogP contribution in [-0.2, 0) is 0 Å². The summed E-state index contributed by atoms with van der Waals surface area (Å²) in [6.45, 7) is 0.233. The van der Waals surface area contributed by atoms with Gasteiger partial charge in [-0.2, -0.15) is 0 Å². The zero-order valence-electron chi connectivity index (χ0n) is 7.46. The molecule has 1 aromatic carbocycles. The molecule has 0 radical (unpaired) electrons. The molecule has 76 valence electrons. The van der Waals surface area contributed by atoms with Gasteiger partial charge in [-0.05, 0) is 6.07 Å². The summed E-state index contributed by atoms with van der Waals surface area (Å²) in [5.41, 5.74) is 0.744. The largest absolute Gasteiger partial charge is 0.454 e. The number of aromatic nitrogens is 1. The normalized spacial score (nSPS) is 13.5. The van der Waals surface area contributed by atoms with E-state index >= 15 is 0 Å². The fourth-order valence-corrected chi connectivity index (χ4v) is 1.88. The van der Waals surface area contributed by atoms with Gasteiger partial charge in [-0.15, -0.1) is 0 Å². The topological polar surface area (TPSA) is 31.4 Å². The molecular weight excluding hydrogens is 237 g/mol. The highest BCUT2D eigenvalue weighted by molar-refractivity contribution is 6.45. The molecule has 1 aliphatic rings. The van der Waals surface area contributed by atoms with Crippen LogP contribution in [-0.4, -0.2) is 11.8 Å². The van der Waals surface area contributed by atoms with Gasteiger partial charge in [-0.25, -0.2) is 0 Å². The molecule has 1 aliphatic heterocycles. The lowest BCUT2D eigenvalue weighted by molar-refractivity contribution is 0.174. The lowest BCUT2D eigenvalue weighted by atomic mass is 10.2. The lowest BCUT2D eigenvalue weighted by Gasteiger charge is -2.03. The minimum absolute atomic E-state index is 0.233. The Hall–Kier alpha value is -1.19. The summed E-state index contributed by atoms with van der Waals surface area (Å²) < 4.78 is 10.5. The Morgan fingerprint density at radius 2 is 1.87 bits per heavy atom. The van der Waals surface area contributed by atoms with E-state index in [0.29, 0.717) is 21.5 Å². The predicted octanol–water partition coefficient (Wildman–Crippen LogP) is 3.27. The number of hydrogen-bond acceptors (Lipinski definition) is 3. The Morgan fingerprint density at radius 3 is 2.67 bits per heavy atom. The van der Waals surface area contributed by atoms with Crippen molar-refractivity contribution in [2.24, 2.45) is 0 Å². The number of ether oxygens (including phenoxy) is 2. The third-order valence-corrected chi connectivity index (χ3v) is 3.04. The minimum atomic E-state index is 0.233. The monoisotopic (exact) mass is 241 g/mol. The number of halogens is 2. The number of rotatable bonds is 0. The maximum atomic E-state index is 6.06. The van der Waals surface area contributed by atoms with Crippen molar-refractivity contribution in [2.75, 3.05) is 6.79 Å². The summed E-state index contributed by atoms with van der Waals surface area (Å²) in [7, 11) is 0. The Morgan fingerprint density at radius 1 is 1.13 bits per heavy atom. The standard InChI is InChI=1S/C10H5Cl2NO2/c11-6-3-13-7-2-9-8(14-4-15-9)1-5(7)10(6)12/h1-3H,4H2. The fraction of sp³-hybridized carbons (Fsp3) is 0.100. The number of hydrogen-bond donors (Lipinski definition) is 0. The molecule has 0 bridgehead atoms. The van der Waals surface area contributed by atoms with E-state index < -0.39 is 0 Å². The van der Waals surface area contributed by atoms with Crippen molar-refractivity contribution < 1.29 is 9.47 Å². The van der Waals surface area contributed by atoms with E-state index in [-0.39, 0.29) is 6.79 Å². The SMILES string of the molecule is Clc1cnc2cc3c(cc2c1Cl)OCO3. The van der Waals surface area contributed by atoms with E-state index in [9.17, 15) is 0 Å². The highest BCUT2D eigenvalue weighted by atomic mass is 35.5. The Labute approximate surface area is 95.5 Å². The van der Waals surface area contributed by atoms with Crippen LogP contribution in [0.2, 0.25) is 10.0 Å². The van der Waals surface area contributed by atoms with Crippen molar-refractivity contribution >= 4 is 34.1 Å². The smallest absolute Gasteiger partial charge is 0.231 e. The third-order valence-electron chi connectivity index (χ3n) is 2.25. The quantitative estimate of drug-likeness (QED) is 0.710. The third kappa shape index (κ3) is 1.31. The number of benzene rings is 1. The summed E-state index contributed by atoms with van der Waals surface area (Å²) in [5, 5.41) is 1.69. The highest BCUT2D eigenvalue weighted by Gasteiger charge is 2.16. The van der Waals surface area contributed by atoms with Crippen LogP contribution in [0.5, 0.6) is 11.5 Å². The molecule has 0 fully saturated rings. The molecule has 2 heterocycles. The van der Waals surface area contributed by atoms with E-state index in [1.165, 1.54) is 6.20 Å². The van der Waals surface area contributed by atoms with Gasteiger partial charge in [0, 0.05) is 17.6 Å². The van der Waals surface area contributed by atoms with Gasteiger partial charge in [-0.1, -0.05) is 23.2 Å². The van der Waals surface area contributed by atoms with Gasteiger partial charge in [0.25, 0.3) is 0 Å². The van der Waals surface area contributed by atoms with Crippen molar-refractivity contribution in [1.82, 2.24) is 4.98 Å². The van der Waals surface area contributed by atoms with E-state index in [2.05, 4.69) is 4.98 Å². The van der Waals surface area contributed by atoms with Crippen LogP contribution in [0, 0.1) is 0 Å². The molecule has 0 amide bonds. The summed E-state index contributed by atoms with van der Waals surface area (Å²) in [4.78, 5) is 4.17. The van der Waals surface area contributed by atoms with E-state index in [1.807, 2.05) is 0 Å². The van der Waals surface area contributed by atoms with Crippen molar-refractivity contribution in [3.8, 4) is 11.5 Å². The highest BCUT2D eigenvalue weighted by Crippen LogP contribution is 2.39. The van der Waals surface area contributed by atoms with Gasteiger partial charge in [0.2, 0.25) is 6.79 Å². The Kier molecular flexibility index (Phi) is 1.90. The van der Waals surface area contributed by atoms with Crippen LogP contribution < -0.4 is 9.47 Å². The van der Waals surface area contributed by atoms with Crippen LogP contribution in [0.25, 0.3) is 10.9 Å². The number of nitrogens with zero attached hydrogens (tertiary/aromatic N) is 1. The van der Waals surface area contributed by atoms with Crippen LogP contribution >= 0.6 is 23.2 Å². The fourth-order valence-electron chi connectivity index (χ4n) is 1.53. The van der Waals surface area contributed by atoms with Crippen molar-refractivity contribution in [1.29, 1.82) is 0 Å². The first-order valence-corrected chi connectivity index (χ1v) is 5.04. The van der Waals surface area contributed by atoms with Crippen molar-refractivity contribution in [3.63, 3.8) is 0 Å². The molecule has 5 heteroatoms. The molecule has 0 saturated carbocycles. The maximum absolute atomic E-state index is 6.06. The van der Waals surface area contributed by atoms with Crippen LogP contribution in [0.3, 0.4) is 0 Å². The molecule has 3 rings (SSSR count). The Bertz CT molecular complexity index is 557. The van der Waals surface area contributed by atoms with Crippen LogP contribution in [0.4, 0.5) is 0 Å². The molecule has 15 heavy (non-hydrogen) atoms.